The third-order valence-electron chi connectivity index (χ3n) is 10.7. The van der Waals surface area contributed by atoms with Gasteiger partial charge in [0.25, 0.3) is 0 Å². The van der Waals surface area contributed by atoms with Crippen LogP contribution in [0.4, 0.5) is 0 Å². The lowest BCUT2D eigenvalue weighted by atomic mass is 9.43. The fraction of sp³-hybridized carbons (Fsp3) is 1.00. The van der Waals surface area contributed by atoms with E-state index in [9.17, 15) is 0 Å². The van der Waals surface area contributed by atoms with Crippen molar-refractivity contribution in [1.29, 1.82) is 0 Å². The van der Waals surface area contributed by atoms with Crippen LogP contribution in [0.25, 0.3) is 0 Å². The third-order valence-corrected chi connectivity index (χ3v) is 10.7. The van der Waals surface area contributed by atoms with Crippen molar-refractivity contribution in [3.63, 3.8) is 0 Å². The maximum Gasteiger partial charge on any atom is -0.0264 e. The smallest absolute Gasteiger partial charge is 0.0264 e. The number of fused-ring (bicyclic) bond motifs is 5. The zero-order valence-corrected chi connectivity index (χ0v) is 19.2. The molecule has 156 valence electrons. The molecule has 0 heterocycles. The van der Waals surface area contributed by atoms with Gasteiger partial charge in [0, 0.05) is 0 Å². The monoisotopic (exact) mass is 372 g/mol. The van der Waals surface area contributed by atoms with E-state index in [1.165, 1.54) is 38.5 Å². The van der Waals surface area contributed by atoms with E-state index >= 15 is 0 Å². The largest absolute Gasteiger partial charge is 0.0628 e. The van der Waals surface area contributed by atoms with Crippen LogP contribution in [0.5, 0.6) is 0 Å². The van der Waals surface area contributed by atoms with Gasteiger partial charge in [-0.2, -0.15) is 0 Å². The summed E-state index contributed by atoms with van der Waals surface area (Å²) in [6, 6.07) is 0. The molecule has 0 aliphatic heterocycles. The summed E-state index contributed by atoms with van der Waals surface area (Å²) >= 11 is 0. The lowest BCUT2D eigenvalue weighted by Gasteiger charge is -2.62. The molecular weight excluding hydrogens is 324 g/mol. The van der Waals surface area contributed by atoms with Crippen molar-refractivity contribution in [2.75, 3.05) is 0 Å². The Labute approximate surface area is 170 Å². The quantitative estimate of drug-likeness (QED) is 0.424. The van der Waals surface area contributed by atoms with Gasteiger partial charge in [-0.25, -0.2) is 0 Å². The van der Waals surface area contributed by atoms with Gasteiger partial charge in [0.05, 0.1) is 0 Å². The van der Waals surface area contributed by atoms with Crippen molar-refractivity contribution in [1.82, 2.24) is 0 Å². The molecule has 8 atom stereocenters. The number of rotatable bonds is 5. The molecule has 4 aliphatic rings. The Morgan fingerprint density at radius 2 is 1.59 bits per heavy atom. The first kappa shape index (κ1) is 20.3. The predicted molar refractivity (Wildman–Crippen MR) is 118 cm³/mol. The van der Waals surface area contributed by atoms with Gasteiger partial charge in [-0.15, -0.1) is 0 Å². The summed E-state index contributed by atoms with van der Waals surface area (Å²) in [4.78, 5) is 0. The van der Waals surface area contributed by atoms with Crippen LogP contribution in [0.3, 0.4) is 0 Å². The summed E-state index contributed by atoms with van der Waals surface area (Å²) in [5.41, 5.74) is 1.38. The van der Waals surface area contributed by atoms with E-state index in [1.807, 2.05) is 0 Å². The molecule has 0 amide bonds. The van der Waals surface area contributed by atoms with E-state index in [0.29, 0.717) is 10.8 Å². The lowest BCUT2D eigenvalue weighted by molar-refractivity contribution is -0.132. The summed E-state index contributed by atoms with van der Waals surface area (Å²) in [6.45, 7) is 12.9. The molecule has 0 N–H and O–H groups in total. The van der Waals surface area contributed by atoms with E-state index in [4.69, 9.17) is 0 Å². The summed E-state index contributed by atoms with van der Waals surface area (Å²) in [5, 5.41) is 0. The van der Waals surface area contributed by atoms with E-state index < -0.39 is 0 Å². The molecule has 0 aromatic rings. The Morgan fingerprint density at radius 3 is 2.37 bits per heavy atom. The maximum absolute atomic E-state index is 2.74. The van der Waals surface area contributed by atoms with Crippen molar-refractivity contribution in [2.24, 2.45) is 52.3 Å². The van der Waals surface area contributed by atoms with Gasteiger partial charge >= 0.3 is 0 Å². The predicted octanol–water partition coefficient (Wildman–Crippen LogP) is 8.50. The van der Waals surface area contributed by atoms with E-state index in [0.717, 1.165) is 41.4 Å². The molecule has 8 unspecified atom stereocenters. The van der Waals surface area contributed by atoms with Gasteiger partial charge in [0.2, 0.25) is 0 Å². The van der Waals surface area contributed by atoms with Crippen LogP contribution in [-0.4, -0.2) is 0 Å². The molecule has 0 aromatic carbocycles. The highest BCUT2D eigenvalue weighted by Gasteiger charge is 2.60. The van der Waals surface area contributed by atoms with Crippen molar-refractivity contribution >= 4 is 0 Å². The van der Waals surface area contributed by atoms with Crippen molar-refractivity contribution < 1.29 is 0 Å². The Hall–Kier alpha value is 0. The number of hydrogen-bond donors (Lipinski definition) is 0. The number of hydrogen-bond acceptors (Lipinski definition) is 0. The van der Waals surface area contributed by atoms with Gasteiger partial charge in [-0.1, -0.05) is 66.7 Å². The molecule has 0 aromatic heterocycles. The summed E-state index contributed by atoms with van der Waals surface area (Å²) in [5.74, 6) is 7.17. The van der Waals surface area contributed by atoms with Crippen LogP contribution in [-0.2, 0) is 0 Å². The van der Waals surface area contributed by atoms with Gasteiger partial charge in [-0.3, -0.25) is 0 Å². The van der Waals surface area contributed by atoms with Crippen LogP contribution in [0, 0.1) is 52.3 Å². The average molecular weight is 373 g/mol. The Bertz CT molecular complexity index is 506. The molecule has 4 aliphatic carbocycles. The zero-order valence-electron chi connectivity index (χ0n) is 19.2. The molecule has 0 saturated heterocycles. The second-order valence-electron chi connectivity index (χ2n) is 12.4. The first-order valence-electron chi connectivity index (χ1n) is 12.9. The van der Waals surface area contributed by atoms with Crippen LogP contribution < -0.4 is 0 Å². The van der Waals surface area contributed by atoms with Crippen LogP contribution in [0.15, 0.2) is 0 Å². The highest BCUT2D eigenvalue weighted by atomic mass is 14.6. The highest BCUT2D eigenvalue weighted by Crippen LogP contribution is 2.68. The number of unbranched alkanes of at least 4 members (excludes halogenated alkanes) is 1. The summed E-state index contributed by atoms with van der Waals surface area (Å²) in [7, 11) is 0. The van der Waals surface area contributed by atoms with Crippen LogP contribution in [0.1, 0.15) is 118 Å². The molecule has 4 fully saturated rings. The Kier molecular flexibility index (Phi) is 5.77. The first-order valence-corrected chi connectivity index (χ1v) is 12.9. The highest BCUT2D eigenvalue weighted by molar-refractivity contribution is 5.09. The molecule has 4 saturated carbocycles. The van der Waals surface area contributed by atoms with E-state index in [-0.39, 0.29) is 0 Å². The Balaban J connectivity index is 1.46. The summed E-state index contributed by atoms with van der Waals surface area (Å²) < 4.78 is 0. The molecule has 0 heteroatoms. The van der Waals surface area contributed by atoms with Gasteiger partial charge in [0.15, 0.2) is 0 Å². The standard InChI is InChI=1S/C27H48/c1-19(2)10-6-7-11-21-13-14-24-22-18-20(3)23-12-8-9-16-27(23,5)25(22)15-17-26(21,24)4/h19-25H,6-18H2,1-5H3. The molecule has 0 bridgehead atoms. The minimum Gasteiger partial charge on any atom is -0.0628 e. The molecule has 0 spiro atoms. The molecule has 0 nitrogen and oxygen atoms in total. The van der Waals surface area contributed by atoms with Gasteiger partial charge in [-0.05, 0) is 104 Å². The van der Waals surface area contributed by atoms with Crippen LogP contribution in [0.2, 0.25) is 0 Å². The molecular formula is C27H48. The topological polar surface area (TPSA) is 0 Å². The van der Waals surface area contributed by atoms with E-state index in [2.05, 4.69) is 34.6 Å². The first-order chi connectivity index (χ1) is 12.9. The third kappa shape index (κ3) is 3.44. The van der Waals surface area contributed by atoms with Crippen molar-refractivity contribution in [2.45, 2.75) is 118 Å². The van der Waals surface area contributed by atoms with Crippen LogP contribution >= 0.6 is 0 Å². The lowest BCUT2D eigenvalue weighted by Crippen LogP contribution is -2.55. The second kappa shape index (κ2) is 7.68. The minimum absolute atomic E-state index is 0.691. The molecule has 0 radical (unpaired) electrons. The zero-order chi connectivity index (χ0) is 19.2. The normalized spacial score (nSPS) is 49.6. The van der Waals surface area contributed by atoms with Gasteiger partial charge < -0.3 is 0 Å². The SMILES string of the molecule is CC(C)CCCCC1CCC2C3CC(C)C4CCCCC4(C)C3CCC12C. The van der Waals surface area contributed by atoms with Crippen molar-refractivity contribution in [3.05, 3.63) is 0 Å². The van der Waals surface area contributed by atoms with Gasteiger partial charge in [0.1, 0.15) is 0 Å². The van der Waals surface area contributed by atoms with Crippen molar-refractivity contribution in [3.8, 4) is 0 Å². The van der Waals surface area contributed by atoms with E-state index in [1.54, 1.807) is 44.9 Å². The minimum atomic E-state index is 0.691. The second-order valence-corrected chi connectivity index (χ2v) is 12.4. The summed E-state index contributed by atoms with van der Waals surface area (Å²) in [6.07, 6.45) is 19.9. The molecule has 4 rings (SSSR count). The average Bonchev–Trinajstić information content (AvgIpc) is 2.95. The Morgan fingerprint density at radius 1 is 0.815 bits per heavy atom. The molecule has 27 heavy (non-hydrogen) atoms. The maximum atomic E-state index is 2.74. The fourth-order valence-corrected chi connectivity index (χ4v) is 9.34. The fourth-order valence-electron chi connectivity index (χ4n) is 9.34.